The highest BCUT2D eigenvalue weighted by Crippen LogP contribution is 2.31. The number of nitriles is 1. The van der Waals surface area contributed by atoms with Gasteiger partial charge in [0.25, 0.3) is 0 Å². The quantitative estimate of drug-likeness (QED) is 0.557. The third-order valence-corrected chi connectivity index (χ3v) is 5.23. The Bertz CT molecular complexity index is 1090. The summed E-state index contributed by atoms with van der Waals surface area (Å²) in [5.41, 5.74) is 3.94. The van der Waals surface area contributed by atoms with Crippen molar-refractivity contribution in [3.8, 4) is 17.3 Å². The van der Waals surface area contributed by atoms with Gasteiger partial charge in [-0.25, -0.2) is 4.68 Å². The van der Waals surface area contributed by atoms with Gasteiger partial charge in [-0.2, -0.15) is 10.4 Å². The van der Waals surface area contributed by atoms with Gasteiger partial charge in [-0.05, 0) is 42.8 Å². The van der Waals surface area contributed by atoms with Crippen LogP contribution in [0, 0.1) is 11.3 Å². The van der Waals surface area contributed by atoms with Crippen molar-refractivity contribution in [3.63, 3.8) is 0 Å². The molecule has 0 radical (unpaired) electrons. The lowest BCUT2D eigenvalue weighted by atomic mass is 10.1. The van der Waals surface area contributed by atoms with Crippen molar-refractivity contribution in [1.82, 2.24) is 4.68 Å². The van der Waals surface area contributed by atoms with Crippen LogP contribution in [0.1, 0.15) is 18.1 Å². The summed E-state index contributed by atoms with van der Waals surface area (Å²) in [6.07, 6.45) is 0. The molecule has 0 amide bonds. The van der Waals surface area contributed by atoms with Gasteiger partial charge in [-0.3, -0.25) is 4.99 Å². The average Bonchev–Trinajstić information content (AvgIpc) is 3.06. The predicted octanol–water partition coefficient (Wildman–Crippen LogP) is 5.20. The second-order valence-electron chi connectivity index (χ2n) is 5.44. The molecule has 1 aromatic heterocycles. The van der Waals surface area contributed by atoms with Crippen LogP contribution in [-0.2, 0) is 0 Å². The third kappa shape index (κ3) is 3.73. The standard InChI is InChI=1S/C19H14Cl2N4S/c1-12(14-5-3-13(10-22)4-6-14)24-25-18(11-26-19(25)23-2)16-9-15(20)7-8-17(16)21/h3-9,11H,1-2H3. The van der Waals surface area contributed by atoms with Crippen molar-refractivity contribution in [2.75, 3.05) is 7.05 Å². The average molecular weight is 401 g/mol. The van der Waals surface area contributed by atoms with E-state index in [1.54, 1.807) is 36.0 Å². The summed E-state index contributed by atoms with van der Waals surface area (Å²) in [6, 6.07) is 14.7. The highest BCUT2D eigenvalue weighted by atomic mass is 35.5. The van der Waals surface area contributed by atoms with Gasteiger partial charge < -0.3 is 0 Å². The maximum atomic E-state index is 8.93. The van der Waals surface area contributed by atoms with E-state index >= 15 is 0 Å². The minimum absolute atomic E-state index is 0.592. The Balaban J connectivity index is 2.14. The number of aromatic nitrogens is 1. The molecule has 0 spiro atoms. The summed E-state index contributed by atoms with van der Waals surface area (Å²) in [7, 11) is 1.72. The van der Waals surface area contributed by atoms with Gasteiger partial charge in [0.1, 0.15) is 0 Å². The third-order valence-electron chi connectivity index (χ3n) is 3.76. The molecule has 2 aromatic carbocycles. The zero-order valence-electron chi connectivity index (χ0n) is 14.1. The van der Waals surface area contributed by atoms with E-state index in [-0.39, 0.29) is 0 Å². The number of benzene rings is 2. The number of nitrogens with zero attached hydrogens (tertiary/aromatic N) is 4. The fraction of sp³-hybridized carbons (Fsp3) is 0.105. The minimum Gasteiger partial charge on any atom is -0.261 e. The van der Waals surface area contributed by atoms with Crippen LogP contribution in [0.3, 0.4) is 0 Å². The van der Waals surface area contributed by atoms with Crippen LogP contribution in [0.4, 0.5) is 0 Å². The van der Waals surface area contributed by atoms with Gasteiger partial charge in [-0.1, -0.05) is 35.3 Å². The van der Waals surface area contributed by atoms with Crippen molar-refractivity contribution in [1.29, 1.82) is 5.26 Å². The summed E-state index contributed by atoms with van der Waals surface area (Å²) in [5, 5.41) is 16.8. The van der Waals surface area contributed by atoms with E-state index < -0.39 is 0 Å². The Labute approximate surface area is 165 Å². The maximum Gasteiger partial charge on any atom is 0.205 e. The van der Waals surface area contributed by atoms with Gasteiger partial charge in [-0.15, -0.1) is 11.3 Å². The summed E-state index contributed by atoms with van der Waals surface area (Å²) >= 11 is 14.0. The van der Waals surface area contributed by atoms with Crippen molar-refractivity contribution < 1.29 is 0 Å². The molecular formula is C19H14Cl2N4S. The first-order valence-electron chi connectivity index (χ1n) is 7.68. The molecule has 0 fully saturated rings. The zero-order chi connectivity index (χ0) is 18.7. The second-order valence-corrected chi connectivity index (χ2v) is 7.12. The molecule has 0 unspecified atom stereocenters. The topological polar surface area (TPSA) is 53.4 Å². The Hall–Kier alpha value is -2.39. The molecule has 0 saturated heterocycles. The predicted molar refractivity (Wildman–Crippen MR) is 108 cm³/mol. The first-order chi connectivity index (χ1) is 12.5. The Morgan fingerprint density at radius 1 is 1.15 bits per heavy atom. The lowest BCUT2D eigenvalue weighted by molar-refractivity contribution is 0.842. The van der Waals surface area contributed by atoms with E-state index in [2.05, 4.69) is 11.1 Å². The van der Waals surface area contributed by atoms with Crippen LogP contribution in [-0.4, -0.2) is 17.4 Å². The molecule has 26 heavy (non-hydrogen) atoms. The number of rotatable bonds is 3. The van der Waals surface area contributed by atoms with Crippen LogP contribution in [0.2, 0.25) is 10.0 Å². The molecule has 4 nitrogen and oxygen atoms in total. The van der Waals surface area contributed by atoms with Gasteiger partial charge in [0.05, 0.1) is 28.1 Å². The highest BCUT2D eigenvalue weighted by Gasteiger charge is 2.12. The zero-order valence-corrected chi connectivity index (χ0v) is 16.4. The molecule has 130 valence electrons. The van der Waals surface area contributed by atoms with Crippen molar-refractivity contribution in [2.24, 2.45) is 10.1 Å². The van der Waals surface area contributed by atoms with Gasteiger partial charge in [0.2, 0.25) is 4.80 Å². The molecule has 0 atom stereocenters. The first kappa shape index (κ1) is 18.4. The van der Waals surface area contributed by atoms with Gasteiger partial charge >= 0.3 is 0 Å². The number of hydrogen-bond donors (Lipinski definition) is 0. The molecule has 7 heteroatoms. The summed E-state index contributed by atoms with van der Waals surface area (Å²) in [4.78, 5) is 5.04. The molecule has 0 saturated carbocycles. The molecule has 0 aliphatic carbocycles. The monoisotopic (exact) mass is 400 g/mol. The molecule has 3 rings (SSSR count). The van der Waals surface area contributed by atoms with E-state index in [0.29, 0.717) is 15.6 Å². The van der Waals surface area contributed by atoms with Crippen LogP contribution in [0.15, 0.2) is 57.9 Å². The molecule has 0 N–H and O–H groups in total. The van der Waals surface area contributed by atoms with Gasteiger partial charge in [0.15, 0.2) is 0 Å². The van der Waals surface area contributed by atoms with Gasteiger partial charge in [0, 0.05) is 23.0 Å². The SMILES string of the molecule is CN=c1scc(-c2cc(Cl)ccc2Cl)n1N=C(C)c1ccc(C#N)cc1. The van der Waals surface area contributed by atoms with E-state index in [1.165, 1.54) is 11.3 Å². The lowest BCUT2D eigenvalue weighted by Crippen LogP contribution is -2.13. The first-order valence-corrected chi connectivity index (χ1v) is 9.32. The fourth-order valence-corrected chi connectivity index (χ4v) is 3.60. The van der Waals surface area contributed by atoms with Crippen molar-refractivity contribution in [3.05, 3.63) is 73.8 Å². The Morgan fingerprint density at radius 3 is 2.54 bits per heavy atom. The fourth-order valence-electron chi connectivity index (χ4n) is 2.42. The van der Waals surface area contributed by atoms with Crippen molar-refractivity contribution >= 4 is 40.3 Å². The second kappa shape index (κ2) is 7.88. The molecule has 1 heterocycles. The minimum atomic E-state index is 0.592. The van der Waals surface area contributed by atoms with Crippen LogP contribution >= 0.6 is 34.5 Å². The number of halogens is 2. The summed E-state index contributed by atoms with van der Waals surface area (Å²) in [6.45, 7) is 1.91. The van der Waals surface area contributed by atoms with E-state index in [4.69, 9.17) is 33.6 Å². The van der Waals surface area contributed by atoms with Crippen LogP contribution < -0.4 is 4.80 Å². The molecule has 0 aliphatic heterocycles. The van der Waals surface area contributed by atoms with E-state index in [1.807, 2.05) is 30.5 Å². The van der Waals surface area contributed by atoms with E-state index in [9.17, 15) is 0 Å². The summed E-state index contributed by atoms with van der Waals surface area (Å²) < 4.78 is 1.76. The molecule has 0 aliphatic rings. The molecule has 3 aromatic rings. The molecular weight excluding hydrogens is 387 g/mol. The Morgan fingerprint density at radius 2 is 1.88 bits per heavy atom. The van der Waals surface area contributed by atoms with Crippen LogP contribution in [0.5, 0.6) is 0 Å². The molecule has 0 bridgehead atoms. The summed E-state index contributed by atoms with van der Waals surface area (Å²) in [5.74, 6) is 0. The number of thiazole rings is 1. The lowest BCUT2D eigenvalue weighted by Gasteiger charge is -2.08. The maximum absolute atomic E-state index is 8.93. The Kier molecular flexibility index (Phi) is 5.58. The van der Waals surface area contributed by atoms with Crippen molar-refractivity contribution in [2.45, 2.75) is 6.92 Å². The van der Waals surface area contributed by atoms with Crippen LogP contribution in [0.25, 0.3) is 11.3 Å². The normalized spacial score (nSPS) is 12.3. The largest absolute Gasteiger partial charge is 0.261 e. The highest BCUT2D eigenvalue weighted by molar-refractivity contribution is 7.07. The number of hydrogen-bond acceptors (Lipinski definition) is 4. The van der Waals surface area contributed by atoms with E-state index in [0.717, 1.165) is 27.3 Å². The smallest absolute Gasteiger partial charge is 0.205 e.